The highest BCUT2D eigenvalue weighted by Gasteiger charge is 2.05. The lowest BCUT2D eigenvalue weighted by atomic mass is 10.3. The Morgan fingerprint density at radius 3 is 2.93 bits per heavy atom. The van der Waals surface area contributed by atoms with Crippen molar-refractivity contribution in [2.24, 2.45) is 0 Å². The van der Waals surface area contributed by atoms with Crippen LogP contribution in [0.2, 0.25) is 5.02 Å². The van der Waals surface area contributed by atoms with Crippen LogP contribution in [0.25, 0.3) is 16.6 Å². The molecule has 0 amide bonds. The van der Waals surface area contributed by atoms with Gasteiger partial charge in [-0.15, -0.1) is 0 Å². The highest BCUT2D eigenvalue weighted by atomic mass is 35.5. The largest absolute Gasteiger partial charge is 0.313 e. The van der Waals surface area contributed by atoms with Gasteiger partial charge >= 0.3 is 0 Å². The molecule has 1 aromatic carbocycles. The third-order valence-corrected chi connectivity index (χ3v) is 2.98. The molecule has 0 saturated heterocycles. The molecule has 2 aromatic heterocycles. The van der Waals surface area contributed by atoms with Crippen molar-refractivity contribution >= 4 is 28.2 Å². The van der Waals surface area contributed by atoms with Crippen LogP contribution in [-0.4, -0.2) is 9.38 Å². The number of rotatable bonds is 0. The Bertz CT molecular complexity index is 655. The van der Waals surface area contributed by atoms with Crippen molar-refractivity contribution in [3.8, 4) is 0 Å². The van der Waals surface area contributed by atoms with E-state index in [0.29, 0.717) is 5.02 Å². The van der Waals surface area contributed by atoms with E-state index in [2.05, 4.69) is 22.4 Å². The van der Waals surface area contributed by atoms with Gasteiger partial charge in [0.25, 0.3) is 0 Å². The first kappa shape index (κ1) is 8.74. The van der Waals surface area contributed by atoms with Gasteiger partial charge in [0.1, 0.15) is 5.52 Å². The summed E-state index contributed by atoms with van der Waals surface area (Å²) < 4.78 is 2.11. The fourth-order valence-corrected chi connectivity index (χ4v) is 2.09. The molecule has 0 N–H and O–H groups in total. The molecule has 0 bridgehead atoms. The molecule has 0 atom stereocenters. The standard InChI is InChI=1S/C12H9ClN2/c1-8-5-6-15-10-4-2-3-9(13)12(10)14-7-11(8)15/h2-7H,1H3. The van der Waals surface area contributed by atoms with Gasteiger partial charge in [-0.3, -0.25) is 4.98 Å². The van der Waals surface area contributed by atoms with Gasteiger partial charge in [0.15, 0.2) is 0 Å². The van der Waals surface area contributed by atoms with Crippen LogP contribution in [0, 0.1) is 6.92 Å². The lowest BCUT2D eigenvalue weighted by Gasteiger charge is -2.03. The minimum Gasteiger partial charge on any atom is -0.313 e. The summed E-state index contributed by atoms with van der Waals surface area (Å²) in [5.41, 5.74) is 4.25. The third-order valence-electron chi connectivity index (χ3n) is 2.68. The van der Waals surface area contributed by atoms with Crippen molar-refractivity contribution in [3.63, 3.8) is 0 Å². The Morgan fingerprint density at radius 2 is 2.07 bits per heavy atom. The van der Waals surface area contributed by atoms with Gasteiger partial charge in [-0.1, -0.05) is 17.7 Å². The summed E-state index contributed by atoms with van der Waals surface area (Å²) in [6, 6.07) is 7.91. The maximum Gasteiger partial charge on any atom is 0.106 e. The monoisotopic (exact) mass is 216 g/mol. The number of aromatic nitrogens is 2. The summed E-state index contributed by atoms with van der Waals surface area (Å²) in [6.07, 6.45) is 3.91. The molecule has 3 heteroatoms. The number of benzene rings is 1. The zero-order valence-corrected chi connectivity index (χ0v) is 8.99. The molecule has 0 unspecified atom stereocenters. The molecule has 2 heterocycles. The van der Waals surface area contributed by atoms with Crippen molar-refractivity contribution in [2.45, 2.75) is 6.92 Å². The van der Waals surface area contributed by atoms with Crippen LogP contribution in [0.15, 0.2) is 36.7 Å². The smallest absolute Gasteiger partial charge is 0.106 e. The lowest BCUT2D eigenvalue weighted by Crippen LogP contribution is -1.90. The second-order valence-corrected chi connectivity index (χ2v) is 4.03. The zero-order valence-electron chi connectivity index (χ0n) is 8.24. The van der Waals surface area contributed by atoms with E-state index in [1.165, 1.54) is 5.56 Å². The van der Waals surface area contributed by atoms with Crippen LogP contribution in [-0.2, 0) is 0 Å². The Kier molecular flexibility index (Phi) is 1.73. The molecule has 3 rings (SSSR count). The lowest BCUT2D eigenvalue weighted by molar-refractivity contribution is 1.22. The molecular formula is C12H9ClN2. The molecule has 15 heavy (non-hydrogen) atoms. The van der Waals surface area contributed by atoms with Gasteiger partial charge in [0.05, 0.1) is 22.3 Å². The Labute approximate surface area is 92.1 Å². The van der Waals surface area contributed by atoms with Crippen LogP contribution in [0.5, 0.6) is 0 Å². The average molecular weight is 217 g/mol. The van der Waals surface area contributed by atoms with E-state index < -0.39 is 0 Å². The quantitative estimate of drug-likeness (QED) is 0.563. The first-order valence-electron chi connectivity index (χ1n) is 4.78. The predicted octanol–water partition coefficient (Wildman–Crippen LogP) is 3.45. The van der Waals surface area contributed by atoms with E-state index in [1.54, 1.807) is 0 Å². The maximum atomic E-state index is 6.09. The average Bonchev–Trinajstić information content (AvgIpc) is 2.61. The van der Waals surface area contributed by atoms with Gasteiger partial charge < -0.3 is 4.40 Å². The number of para-hydroxylation sites is 1. The fourth-order valence-electron chi connectivity index (χ4n) is 1.87. The second kappa shape index (κ2) is 2.97. The van der Waals surface area contributed by atoms with E-state index >= 15 is 0 Å². The van der Waals surface area contributed by atoms with Crippen LogP contribution in [0.3, 0.4) is 0 Å². The summed E-state index contributed by atoms with van der Waals surface area (Å²) >= 11 is 6.09. The molecule has 0 radical (unpaired) electrons. The Hall–Kier alpha value is -1.54. The van der Waals surface area contributed by atoms with Crippen molar-refractivity contribution in [2.75, 3.05) is 0 Å². The SMILES string of the molecule is Cc1ccn2c1cnc1c(Cl)cccc12. The second-order valence-electron chi connectivity index (χ2n) is 3.62. The fraction of sp³-hybridized carbons (Fsp3) is 0.0833. The predicted molar refractivity (Wildman–Crippen MR) is 62.4 cm³/mol. The van der Waals surface area contributed by atoms with E-state index in [-0.39, 0.29) is 0 Å². The van der Waals surface area contributed by atoms with E-state index in [0.717, 1.165) is 16.6 Å². The van der Waals surface area contributed by atoms with Crippen LogP contribution < -0.4 is 0 Å². The normalized spacial score (nSPS) is 11.3. The summed E-state index contributed by atoms with van der Waals surface area (Å²) in [4.78, 5) is 4.39. The van der Waals surface area contributed by atoms with Crippen molar-refractivity contribution in [1.82, 2.24) is 9.38 Å². The Morgan fingerprint density at radius 1 is 1.20 bits per heavy atom. The minimum absolute atomic E-state index is 0.695. The molecule has 0 spiro atoms. The van der Waals surface area contributed by atoms with Crippen molar-refractivity contribution < 1.29 is 0 Å². The molecule has 0 aliphatic carbocycles. The molecule has 3 aromatic rings. The minimum atomic E-state index is 0.695. The topological polar surface area (TPSA) is 17.3 Å². The number of halogens is 1. The third kappa shape index (κ3) is 1.15. The molecule has 0 aliphatic rings. The summed E-state index contributed by atoms with van der Waals surface area (Å²) in [7, 11) is 0. The number of nitrogens with zero attached hydrogens (tertiary/aromatic N) is 2. The zero-order chi connectivity index (χ0) is 10.4. The first-order chi connectivity index (χ1) is 7.27. The van der Waals surface area contributed by atoms with Crippen molar-refractivity contribution in [3.05, 3.63) is 47.2 Å². The van der Waals surface area contributed by atoms with E-state index in [1.807, 2.05) is 30.6 Å². The van der Waals surface area contributed by atoms with Gasteiger partial charge in [-0.2, -0.15) is 0 Å². The first-order valence-corrected chi connectivity index (χ1v) is 5.16. The summed E-state index contributed by atoms with van der Waals surface area (Å²) in [6.45, 7) is 2.08. The summed E-state index contributed by atoms with van der Waals surface area (Å²) in [5, 5.41) is 0.695. The number of aryl methyl sites for hydroxylation is 1. The molecule has 0 saturated carbocycles. The maximum absolute atomic E-state index is 6.09. The summed E-state index contributed by atoms with van der Waals surface area (Å²) in [5.74, 6) is 0. The molecule has 0 fully saturated rings. The van der Waals surface area contributed by atoms with E-state index in [9.17, 15) is 0 Å². The molecule has 74 valence electrons. The van der Waals surface area contributed by atoms with Crippen LogP contribution in [0.1, 0.15) is 5.56 Å². The number of hydrogen-bond acceptors (Lipinski definition) is 1. The van der Waals surface area contributed by atoms with Gasteiger partial charge in [0, 0.05) is 6.20 Å². The molecule has 0 aliphatic heterocycles. The molecule has 2 nitrogen and oxygen atoms in total. The number of hydrogen-bond donors (Lipinski definition) is 0. The Balaban J connectivity index is 2.61. The van der Waals surface area contributed by atoms with E-state index in [4.69, 9.17) is 11.6 Å². The number of fused-ring (bicyclic) bond motifs is 3. The van der Waals surface area contributed by atoms with Gasteiger partial charge in [0.2, 0.25) is 0 Å². The molecular weight excluding hydrogens is 208 g/mol. The van der Waals surface area contributed by atoms with Crippen LogP contribution >= 0.6 is 11.6 Å². The highest BCUT2D eigenvalue weighted by Crippen LogP contribution is 2.23. The van der Waals surface area contributed by atoms with Crippen LogP contribution in [0.4, 0.5) is 0 Å². The van der Waals surface area contributed by atoms with Crippen molar-refractivity contribution in [1.29, 1.82) is 0 Å². The van der Waals surface area contributed by atoms with Gasteiger partial charge in [-0.05, 0) is 30.7 Å². The van der Waals surface area contributed by atoms with Gasteiger partial charge in [-0.25, -0.2) is 0 Å². The highest BCUT2D eigenvalue weighted by molar-refractivity contribution is 6.34.